The van der Waals surface area contributed by atoms with Crippen LogP contribution in [0.25, 0.3) is 0 Å². The summed E-state index contributed by atoms with van der Waals surface area (Å²) in [4.78, 5) is 13.3. The van der Waals surface area contributed by atoms with Crippen LogP contribution in [0.4, 0.5) is 0 Å². The maximum Gasteiger partial charge on any atom is 0.220 e. The van der Waals surface area contributed by atoms with Gasteiger partial charge in [-0.15, -0.1) is 0 Å². The first-order valence-corrected chi connectivity index (χ1v) is 33.9. The Hall–Kier alpha value is -2.25. The van der Waals surface area contributed by atoms with Crippen molar-refractivity contribution in [2.75, 3.05) is 26.4 Å². The minimum atomic E-state index is -1.98. The van der Waals surface area contributed by atoms with E-state index in [1.54, 1.807) is 6.08 Å². The molecule has 0 spiro atoms. The largest absolute Gasteiger partial charge is 0.394 e. The molecule has 19 nitrogen and oxygen atoms in total. The molecular weight excluding hydrogens is 1110 g/mol. The number of allylic oxidation sites excluding steroid dienone is 7. The van der Waals surface area contributed by atoms with Gasteiger partial charge in [0, 0.05) is 6.42 Å². The van der Waals surface area contributed by atoms with Gasteiger partial charge in [-0.1, -0.05) is 217 Å². The van der Waals surface area contributed by atoms with Gasteiger partial charge in [-0.25, -0.2) is 0 Å². The van der Waals surface area contributed by atoms with Crippen molar-refractivity contribution in [2.24, 2.45) is 0 Å². The highest BCUT2D eigenvalue weighted by Crippen LogP contribution is 2.33. The first kappa shape index (κ1) is 78.0. The third-order valence-corrected chi connectivity index (χ3v) is 16.8. The van der Waals surface area contributed by atoms with Crippen molar-refractivity contribution in [3.05, 3.63) is 48.6 Å². The van der Waals surface area contributed by atoms with Crippen LogP contribution in [-0.2, 0) is 33.2 Å². The van der Waals surface area contributed by atoms with Crippen LogP contribution >= 0.6 is 0 Å². The Balaban J connectivity index is 1.40. The predicted molar refractivity (Wildman–Crippen MR) is 332 cm³/mol. The van der Waals surface area contributed by atoms with Gasteiger partial charge in [0.25, 0.3) is 0 Å². The van der Waals surface area contributed by atoms with Crippen LogP contribution in [0.3, 0.4) is 0 Å². The van der Waals surface area contributed by atoms with E-state index in [0.717, 1.165) is 70.6 Å². The molecule has 0 aromatic carbocycles. The van der Waals surface area contributed by atoms with Crippen LogP contribution in [0.15, 0.2) is 48.6 Å². The van der Waals surface area contributed by atoms with Gasteiger partial charge in [0.15, 0.2) is 18.9 Å². The van der Waals surface area contributed by atoms with Crippen molar-refractivity contribution in [3.63, 3.8) is 0 Å². The molecule has 3 aliphatic rings. The number of carbonyl (C=O) groups is 1. The fourth-order valence-corrected chi connectivity index (χ4v) is 11.3. The summed E-state index contributed by atoms with van der Waals surface area (Å²) < 4.78 is 34.2. The quantitative estimate of drug-likeness (QED) is 0.0202. The van der Waals surface area contributed by atoms with Crippen LogP contribution in [0.5, 0.6) is 0 Å². The van der Waals surface area contributed by atoms with Gasteiger partial charge < -0.3 is 89.9 Å². The number of hydrogen-bond acceptors (Lipinski definition) is 18. The van der Waals surface area contributed by atoms with Gasteiger partial charge in [-0.3, -0.25) is 4.79 Å². The highest BCUT2D eigenvalue weighted by molar-refractivity contribution is 5.76. The molecule has 3 aliphatic heterocycles. The zero-order chi connectivity index (χ0) is 62.6. The third kappa shape index (κ3) is 31.7. The van der Waals surface area contributed by atoms with E-state index in [1.165, 1.54) is 135 Å². The molecule has 17 unspecified atom stereocenters. The number of rotatable bonds is 51. The van der Waals surface area contributed by atoms with Gasteiger partial charge in [0.05, 0.1) is 38.6 Å². The SMILES string of the molecule is CCC/C=C\CCCCCCCC(=O)NC(COC1OC(CO)C(OC2OC(CO)C(OC3OC(CO)C(O)C(O)C3O)C(O)C2O)C(O)C1O)C(O)/C=C/CC/C=C/CC/C=C/CCCCCCCCCCCCCCCCCCCCCCC. The Kier molecular flexibility index (Phi) is 44.8. The number of ether oxygens (including phenoxy) is 6. The molecule has 0 aromatic heterocycles. The summed E-state index contributed by atoms with van der Waals surface area (Å²) >= 11 is 0. The second-order valence-electron chi connectivity index (χ2n) is 24.3. The normalized spacial score (nSPS) is 29.1. The highest BCUT2D eigenvalue weighted by Gasteiger charge is 2.53. The average molecular weight is 1230 g/mol. The Labute approximate surface area is 516 Å². The number of amides is 1. The molecular formula is C67H121NO18. The molecule has 3 heterocycles. The Bertz CT molecular complexity index is 1750. The molecule has 502 valence electrons. The lowest BCUT2D eigenvalue weighted by molar-refractivity contribution is -0.379. The molecule has 0 saturated carbocycles. The number of aliphatic hydroxyl groups is 11. The summed E-state index contributed by atoms with van der Waals surface area (Å²) in [5.74, 6) is -0.302. The van der Waals surface area contributed by atoms with E-state index in [-0.39, 0.29) is 18.9 Å². The summed E-state index contributed by atoms with van der Waals surface area (Å²) in [6.45, 7) is 1.63. The molecule has 86 heavy (non-hydrogen) atoms. The van der Waals surface area contributed by atoms with Gasteiger partial charge in [-0.2, -0.15) is 0 Å². The van der Waals surface area contributed by atoms with Crippen molar-refractivity contribution in [1.29, 1.82) is 0 Å². The van der Waals surface area contributed by atoms with Gasteiger partial charge in [0.2, 0.25) is 5.91 Å². The average Bonchev–Trinajstić information content (AvgIpc) is 1.38. The first-order valence-electron chi connectivity index (χ1n) is 33.9. The zero-order valence-corrected chi connectivity index (χ0v) is 52.8. The third-order valence-electron chi connectivity index (χ3n) is 16.8. The minimum Gasteiger partial charge on any atom is -0.394 e. The molecule has 0 radical (unpaired) electrons. The van der Waals surface area contributed by atoms with Crippen LogP contribution in [0, 0.1) is 0 Å². The molecule has 0 aliphatic carbocycles. The van der Waals surface area contributed by atoms with E-state index in [0.29, 0.717) is 12.8 Å². The topological polar surface area (TPSA) is 307 Å². The second kappa shape index (κ2) is 49.5. The Morgan fingerprint density at radius 1 is 0.407 bits per heavy atom. The monoisotopic (exact) mass is 1230 g/mol. The fourth-order valence-electron chi connectivity index (χ4n) is 11.3. The van der Waals surface area contributed by atoms with E-state index >= 15 is 0 Å². The van der Waals surface area contributed by atoms with E-state index in [9.17, 15) is 61.0 Å². The predicted octanol–water partition coefficient (Wildman–Crippen LogP) is 8.22. The smallest absolute Gasteiger partial charge is 0.220 e. The summed E-state index contributed by atoms with van der Waals surface area (Å²) in [7, 11) is 0. The van der Waals surface area contributed by atoms with E-state index in [2.05, 4.69) is 55.6 Å². The number of hydrogen-bond donors (Lipinski definition) is 12. The molecule has 3 fully saturated rings. The van der Waals surface area contributed by atoms with Crippen molar-refractivity contribution < 1.29 is 89.4 Å². The zero-order valence-electron chi connectivity index (χ0n) is 52.8. The lowest BCUT2D eigenvalue weighted by Crippen LogP contribution is -2.66. The van der Waals surface area contributed by atoms with Crippen LogP contribution in [0.2, 0.25) is 0 Å². The standard InChI is InChI=1S/C67H121NO18/c1-3-5-7-9-11-13-15-16-17-18-19-20-21-22-23-24-25-26-27-28-29-30-31-32-33-34-35-36-38-40-42-44-51(72)50(68-55(73)45-43-41-39-37-14-12-10-8-6-4-2)49-81-65-61(79)58(76)63(53(47-70)83-65)86-67-62(80)59(77)64(54(48-71)84-67)85-66-60(78)57(75)56(74)52(46-69)82-66/h8,10,31-32,35-36,42,44,50-54,56-67,69-72,74-80H,3-7,9,11-30,33-34,37-41,43,45-49H2,1-2H3,(H,68,73)/b10-8-,32-31+,36-35+,44-42+. The summed E-state index contributed by atoms with van der Waals surface area (Å²) in [6.07, 6.45) is 31.4. The Morgan fingerprint density at radius 2 is 0.767 bits per heavy atom. The summed E-state index contributed by atoms with van der Waals surface area (Å²) in [5, 5.41) is 120. The number of aliphatic hydroxyl groups excluding tert-OH is 11. The minimum absolute atomic E-state index is 0.220. The molecule has 19 heteroatoms. The molecule has 17 atom stereocenters. The van der Waals surface area contributed by atoms with Crippen LogP contribution in [0.1, 0.15) is 239 Å². The Morgan fingerprint density at radius 3 is 1.21 bits per heavy atom. The molecule has 12 N–H and O–H groups in total. The van der Waals surface area contributed by atoms with E-state index in [1.807, 2.05) is 6.08 Å². The van der Waals surface area contributed by atoms with Crippen molar-refractivity contribution in [1.82, 2.24) is 5.32 Å². The molecule has 3 rings (SSSR count). The van der Waals surface area contributed by atoms with Crippen LogP contribution in [-0.4, -0.2) is 193 Å². The fraction of sp³-hybridized carbons (Fsp3) is 0.866. The number of carbonyl (C=O) groups excluding carboxylic acids is 1. The number of unbranched alkanes of at least 4 members (excludes halogenated alkanes) is 29. The van der Waals surface area contributed by atoms with Crippen molar-refractivity contribution >= 4 is 5.91 Å². The maximum atomic E-state index is 13.3. The second-order valence-corrected chi connectivity index (χ2v) is 24.3. The summed E-state index contributed by atoms with van der Waals surface area (Å²) in [5.41, 5.74) is 0. The van der Waals surface area contributed by atoms with Crippen LogP contribution < -0.4 is 5.32 Å². The lowest BCUT2D eigenvalue weighted by atomic mass is 9.96. The maximum absolute atomic E-state index is 13.3. The number of nitrogens with one attached hydrogen (secondary N) is 1. The lowest BCUT2D eigenvalue weighted by Gasteiger charge is -2.48. The van der Waals surface area contributed by atoms with Gasteiger partial charge in [-0.05, 0) is 64.2 Å². The molecule has 0 bridgehead atoms. The van der Waals surface area contributed by atoms with E-state index in [4.69, 9.17) is 28.4 Å². The first-order chi connectivity index (χ1) is 41.8. The van der Waals surface area contributed by atoms with Gasteiger partial charge >= 0.3 is 0 Å². The van der Waals surface area contributed by atoms with Crippen molar-refractivity contribution in [3.8, 4) is 0 Å². The molecule has 0 aromatic rings. The van der Waals surface area contributed by atoms with E-state index < -0.39 is 124 Å². The highest BCUT2D eigenvalue weighted by atomic mass is 16.8. The summed E-state index contributed by atoms with van der Waals surface area (Å²) in [6, 6.07) is -1.00. The molecule has 1 amide bonds. The molecule has 3 saturated heterocycles. The van der Waals surface area contributed by atoms with Gasteiger partial charge in [0.1, 0.15) is 73.2 Å². The van der Waals surface area contributed by atoms with Crippen molar-refractivity contribution in [2.45, 2.75) is 343 Å².